The first-order valence-electron chi connectivity index (χ1n) is 9.81. The molecule has 8 heteroatoms. The Kier molecular flexibility index (Phi) is 5.25. The van der Waals surface area contributed by atoms with Gasteiger partial charge in [-0.25, -0.2) is 18.1 Å². The molecule has 1 amide bonds. The number of aromatic nitrogens is 1. The van der Waals surface area contributed by atoms with Crippen molar-refractivity contribution in [1.29, 1.82) is 0 Å². The van der Waals surface area contributed by atoms with E-state index in [0.29, 0.717) is 5.76 Å². The number of nitrogens with one attached hydrogen (secondary N) is 1. The molecule has 2 aliphatic rings. The van der Waals surface area contributed by atoms with Gasteiger partial charge in [0.15, 0.2) is 5.69 Å². The third-order valence-corrected chi connectivity index (χ3v) is 6.88. The summed E-state index contributed by atoms with van der Waals surface area (Å²) in [6.07, 6.45) is 6.16. The van der Waals surface area contributed by atoms with E-state index in [-0.39, 0.29) is 28.9 Å². The molecule has 2 heterocycles. The third-order valence-electron chi connectivity index (χ3n) is 5.48. The monoisotopic (exact) mass is 403 g/mol. The number of benzene rings is 1. The van der Waals surface area contributed by atoms with Crippen LogP contribution in [-0.2, 0) is 29.4 Å². The molecule has 150 valence electrons. The number of fused-ring (bicyclic) bond motifs is 1. The predicted octanol–water partition coefficient (Wildman–Crippen LogP) is 2.58. The van der Waals surface area contributed by atoms with Gasteiger partial charge in [0.05, 0.1) is 11.4 Å². The molecule has 0 atom stereocenters. The fraction of sp³-hybridized carbons (Fsp3) is 0.500. The molecular formula is C20H25N3O4S. The third kappa shape index (κ3) is 3.84. The second-order valence-corrected chi connectivity index (χ2v) is 9.24. The summed E-state index contributed by atoms with van der Waals surface area (Å²) in [6.45, 7) is 3.04. The van der Waals surface area contributed by atoms with Gasteiger partial charge in [0.25, 0.3) is 5.91 Å². The predicted molar refractivity (Wildman–Crippen MR) is 103 cm³/mol. The number of aryl methyl sites for hydroxylation is 3. The molecular weight excluding hydrogens is 378 g/mol. The average molecular weight is 404 g/mol. The van der Waals surface area contributed by atoms with Crippen LogP contribution in [0, 0.1) is 6.92 Å². The van der Waals surface area contributed by atoms with Crippen molar-refractivity contribution in [1.82, 2.24) is 14.6 Å². The van der Waals surface area contributed by atoms with E-state index >= 15 is 0 Å². The maximum atomic E-state index is 12.7. The quantitative estimate of drug-likeness (QED) is 0.828. The number of amides is 1. The summed E-state index contributed by atoms with van der Waals surface area (Å²) in [5, 5.41) is 0. The van der Waals surface area contributed by atoms with Crippen LogP contribution in [0.5, 0.6) is 0 Å². The highest BCUT2D eigenvalue weighted by atomic mass is 32.2. The van der Waals surface area contributed by atoms with Gasteiger partial charge in [-0.05, 0) is 68.7 Å². The number of oxazole rings is 1. The minimum absolute atomic E-state index is 0.0897. The Bertz CT molecular complexity index is 991. The highest BCUT2D eigenvalue weighted by molar-refractivity contribution is 7.89. The molecule has 7 nitrogen and oxygen atoms in total. The number of hydrogen-bond acceptors (Lipinski definition) is 5. The topological polar surface area (TPSA) is 92.5 Å². The summed E-state index contributed by atoms with van der Waals surface area (Å²) in [5.41, 5.74) is 2.61. The largest absolute Gasteiger partial charge is 0.444 e. The summed E-state index contributed by atoms with van der Waals surface area (Å²) in [5.74, 6) is 0.462. The van der Waals surface area contributed by atoms with Gasteiger partial charge >= 0.3 is 0 Å². The SMILES string of the molecule is Cc1oc(CNS(=O)(=O)c2ccc3c(c2)CCCC3)nc1C(=O)N1CCCC1. The van der Waals surface area contributed by atoms with Gasteiger partial charge in [0.2, 0.25) is 15.9 Å². The van der Waals surface area contributed by atoms with Gasteiger partial charge in [-0.3, -0.25) is 4.79 Å². The smallest absolute Gasteiger partial charge is 0.276 e. The van der Waals surface area contributed by atoms with Gasteiger partial charge in [0.1, 0.15) is 5.76 Å². The van der Waals surface area contributed by atoms with E-state index in [1.54, 1.807) is 24.0 Å². The minimum atomic E-state index is -3.68. The Hall–Kier alpha value is -2.19. The van der Waals surface area contributed by atoms with Gasteiger partial charge < -0.3 is 9.32 Å². The van der Waals surface area contributed by atoms with Gasteiger partial charge in [-0.2, -0.15) is 0 Å². The molecule has 28 heavy (non-hydrogen) atoms. The molecule has 0 saturated carbocycles. The summed E-state index contributed by atoms with van der Waals surface area (Å²) < 4.78 is 33.4. The fourth-order valence-electron chi connectivity index (χ4n) is 3.91. The molecule has 1 aliphatic carbocycles. The summed E-state index contributed by atoms with van der Waals surface area (Å²) in [4.78, 5) is 18.8. The Labute approximate surface area is 165 Å². The highest BCUT2D eigenvalue weighted by Gasteiger charge is 2.26. The highest BCUT2D eigenvalue weighted by Crippen LogP contribution is 2.24. The zero-order chi connectivity index (χ0) is 19.7. The lowest BCUT2D eigenvalue weighted by Crippen LogP contribution is -2.28. The first kappa shape index (κ1) is 19.1. The number of hydrogen-bond donors (Lipinski definition) is 1. The molecule has 1 aromatic heterocycles. The lowest BCUT2D eigenvalue weighted by molar-refractivity contribution is 0.0786. The number of rotatable bonds is 5. The molecule has 1 N–H and O–H groups in total. The Balaban J connectivity index is 1.46. The summed E-state index contributed by atoms with van der Waals surface area (Å²) >= 11 is 0. The van der Waals surface area contributed by atoms with Crippen LogP contribution in [0.4, 0.5) is 0 Å². The van der Waals surface area contributed by atoms with Crippen LogP contribution < -0.4 is 4.72 Å². The zero-order valence-corrected chi connectivity index (χ0v) is 16.8. The molecule has 0 bridgehead atoms. The van der Waals surface area contributed by atoms with Crippen molar-refractivity contribution >= 4 is 15.9 Å². The lowest BCUT2D eigenvalue weighted by Gasteiger charge is -2.16. The van der Waals surface area contributed by atoms with E-state index < -0.39 is 10.0 Å². The van der Waals surface area contributed by atoms with E-state index in [9.17, 15) is 13.2 Å². The van der Waals surface area contributed by atoms with Crippen molar-refractivity contribution in [2.75, 3.05) is 13.1 Å². The minimum Gasteiger partial charge on any atom is -0.444 e. The molecule has 0 radical (unpaired) electrons. The Morgan fingerprint density at radius 2 is 1.86 bits per heavy atom. The normalized spacial score (nSPS) is 17.0. The van der Waals surface area contributed by atoms with Crippen LogP contribution >= 0.6 is 0 Å². The Morgan fingerprint density at radius 3 is 2.61 bits per heavy atom. The van der Waals surface area contributed by atoms with Crippen molar-refractivity contribution in [3.63, 3.8) is 0 Å². The van der Waals surface area contributed by atoms with Crippen LogP contribution in [0.25, 0.3) is 0 Å². The first-order valence-corrected chi connectivity index (χ1v) is 11.3. The summed E-state index contributed by atoms with van der Waals surface area (Å²) in [6, 6.07) is 5.32. The van der Waals surface area contributed by atoms with Crippen LogP contribution in [0.2, 0.25) is 0 Å². The number of carbonyl (C=O) groups is 1. The van der Waals surface area contributed by atoms with Crippen LogP contribution in [0.1, 0.15) is 58.9 Å². The molecule has 1 saturated heterocycles. The second kappa shape index (κ2) is 7.67. The van der Waals surface area contributed by atoms with Gasteiger partial charge in [0, 0.05) is 13.1 Å². The molecule has 1 fully saturated rings. The van der Waals surface area contributed by atoms with Crippen molar-refractivity contribution in [3.05, 3.63) is 46.7 Å². The van der Waals surface area contributed by atoms with E-state index in [2.05, 4.69) is 9.71 Å². The first-order chi connectivity index (χ1) is 13.4. The average Bonchev–Trinajstić information content (AvgIpc) is 3.35. The van der Waals surface area contributed by atoms with Crippen molar-refractivity contribution in [3.8, 4) is 0 Å². The number of likely N-dealkylation sites (tertiary alicyclic amines) is 1. The van der Waals surface area contributed by atoms with Crippen LogP contribution in [-0.4, -0.2) is 37.3 Å². The maximum absolute atomic E-state index is 12.7. The lowest BCUT2D eigenvalue weighted by atomic mass is 9.92. The zero-order valence-electron chi connectivity index (χ0n) is 16.0. The number of nitrogens with zero attached hydrogens (tertiary/aromatic N) is 2. The van der Waals surface area contributed by atoms with E-state index in [4.69, 9.17) is 4.42 Å². The molecule has 0 spiro atoms. The molecule has 0 unspecified atom stereocenters. The fourth-order valence-corrected chi connectivity index (χ4v) is 4.94. The molecule has 1 aliphatic heterocycles. The van der Waals surface area contributed by atoms with Crippen molar-refractivity contribution in [2.24, 2.45) is 0 Å². The Morgan fingerprint density at radius 1 is 1.14 bits per heavy atom. The standard InChI is InChI=1S/C20H25N3O4S/c1-14-19(20(24)23-10-4-5-11-23)22-18(27-14)13-21-28(25,26)17-9-8-15-6-2-3-7-16(15)12-17/h8-9,12,21H,2-7,10-11,13H2,1H3. The molecule has 1 aromatic carbocycles. The summed E-state index contributed by atoms with van der Waals surface area (Å²) in [7, 11) is -3.68. The molecule has 2 aromatic rings. The van der Waals surface area contributed by atoms with Crippen LogP contribution in [0.15, 0.2) is 27.5 Å². The molecule has 4 rings (SSSR count). The number of sulfonamides is 1. The van der Waals surface area contributed by atoms with E-state index in [0.717, 1.165) is 57.2 Å². The van der Waals surface area contributed by atoms with Crippen molar-refractivity contribution < 1.29 is 17.6 Å². The van der Waals surface area contributed by atoms with Gasteiger partial charge in [-0.15, -0.1) is 0 Å². The van der Waals surface area contributed by atoms with Crippen LogP contribution in [0.3, 0.4) is 0 Å². The maximum Gasteiger partial charge on any atom is 0.276 e. The number of carbonyl (C=O) groups excluding carboxylic acids is 1. The van der Waals surface area contributed by atoms with Crippen molar-refractivity contribution in [2.45, 2.75) is 56.9 Å². The van der Waals surface area contributed by atoms with Gasteiger partial charge in [-0.1, -0.05) is 6.07 Å². The van der Waals surface area contributed by atoms with E-state index in [1.807, 2.05) is 6.07 Å². The second-order valence-electron chi connectivity index (χ2n) is 7.47. The van der Waals surface area contributed by atoms with E-state index in [1.165, 1.54) is 5.56 Å².